The topological polar surface area (TPSA) is 12.5 Å². The Labute approximate surface area is 110 Å². The summed E-state index contributed by atoms with van der Waals surface area (Å²) in [6.45, 7) is 14.0. The lowest BCUT2D eigenvalue weighted by molar-refractivity contribution is 0.0577. The molecule has 0 fully saturated rings. The monoisotopic (exact) mass is 293 g/mol. The molecular weight excluding hydrogens is 266 g/mol. The molecular formula is C13H28BrNO. The van der Waals surface area contributed by atoms with Crippen LogP contribution in [0.2, 0.25) is 0 Å². The van der Waals surface area contributed by atoms with Crippen LogP contribution in [0.15, 0.2) is 0 Å². The van der Waals surface area contributed by atoms with Crippen LogP contribution in [0.5, 0.6) is 0 Å². The molecule has 1 atom stereocenters. The van der Waals surface area contributed by atoms with E-state index in [-0.39, 0.29) is 0 Å². The molecule has 16 heavy (non-hydrogen) atoms. The van der Waals surface area contributed by atoms with Gasteiger partial charge in [0.15, 0.2) is 0 Å². The molecule has 0 aliphatic heterocycles. The fourth-order valence-corrected chi connectivity index (χ4v) is 2.64. The Balaban J connectivity index is 3.88. The van der Waals surface area contributed by atoms with Crippen molar-refractivity contribution in [2.75, 3.05) is 32.1 Å². The lowest BCUT2D eigenvalue weighted by Crippen LogP contribution is -2.36. The highest BCUT2D eigenvalue weighted by atomic mass is 79.9. The van der Waals surface area contributed by atoms with Gasteiger partial charge in [-0.1, -0.05) is 36.7 Å². The summed E-state index contributed by atoms with van der Waals surface area (Å²) in [5.74, 6) is 0.677. The Bertz CT molecular complexity index is 177. The minimum atomic E-state index is 0.336. The number of rotatable bonds is 7. The summed E-state index contributed by atoms with van der Waals surface area (Å²) >= 11 is 3.61. The van der Waals surface area contributed by atoms with Gasteiger partial charge in [-0.05, 0) is 32.2 Å². The Kier molecular flexibility index (Phi) is 7.87. The maximum Gasteiger partial charge on any atom is 0.0596 e. The highest BCUT2D eigenvalue weighted by molar-refractivity contribution is 9.09. The molecule has 2 nitrogen and oxygen atoms in total. The summed E-state index contributed by atoms with van der Waals surface area (Å²) < 4.78 is 5.56. The van der Waals surface area contributed by atoms with E-state index in [9.17, 15) is 0 Å². The van der Waals surface area contributed by atoms with E-state index in [0.29, 0.717) is 17.4 Å². The zero-order valence-corrected chi connectivity index (χ0v) is 13.3. The van der Waals surface area contributed by atoms with Crippen molar-refractivity contribution in [2.24, 2.45) is 11.3 Å². The second-order valence-electron chi connectivity index (χ2n) is 5.90. The predicted octanol–water partition coefficient (Wildman–Crippen LogP) is 3.40. The summed E-state index contributed by atoms with van der Waals surface area (Å²) in [7, 11) is 2.17. The molecule has 0 heterocycles. The molecule has 0 aromatic carbocycles. The van der Waals surface area contributed by atoms with Crippen LogP contribution in [-0.2, 0) is 4.74 Å². The molecule has 0 spiro atoms. The first-order valence-electron chi connectivity index (χ1n) is 6.13. The van der Waals surface area contributed by atoms with Gasteiger partial charge in [-0.3, -0.25) is 0 Å². The van der Waals surface area contributed by atoms with Crippen molar-refractivity contribution in [1.29, 1.82) is 0 Å². The molecule has 0 aromatic heterocycles. The molecule has 0 aliphatic rings. The van der Waals surface area contributed by atoms with Crippen LogP contribution in [0.25, 0.3) is 0 Å². The van der Waals surface area contributed by atoms with Crippen LogP contribution in [-0.4, -0.2) is 43.1 Å². The average Bonchev–Trinajstić information content (AvgIpc) is 2.11. The second-order valence-corrected chi connectivity index (χ2v) is 6.55. The van der Waals surface area contributed by atoms with Crippen LogP contribution in [0.4, 0.5) is 0 Å². The molecule has 0 aromatic rings. The van der Waals surface area contributed by atoms with Gasteiger partial charge in [-0.25, -0.2) is 0 Å². The molecule has 0 aliphatic carbocycles. The van der Waals surface area contributed by atoms with E-state index in [2.05, 4.69) is 62.5 Å². The van der Waals surface area contributed by atoms with Crippen LogP contribution in [0, 0.1) is 11.3 Å². The molecule has 0 saturated carbocycles. The molecule has 98 valence electrons. The molecule has 0 amide bonds. The third-order valence-corrected chi connectivity index (χ3v) is 3.65. The van der Waals surface area contributed by atoms with Gasteiger partial charge in [-0.2, -0.15) is 0 Å². The van der Waals surface area contributed by atoms with E-state index < -0.39 is 0 Å². The first-order chi connectivity index (χ1) is 7.27. The number of hydrogen-bond acceptors (Lipinski definition) is 2. The maximum atomic E-state index is 5.56. The summed E-state index contributed by atoms with van der Waals surface area (Å²) in [5, 5.41) is 1.06. The van der Waals surface area contributed by atoms with Crippen molar-refractivity contribution >= 4 is 15.9 Å². The quantitative estimate of drug-likeness (QED) is 0.667. The minimum Gasteiger partial charge on any atom is -0.377 e. The number of nitrogens with zero attached hydrogens (tertiary/aromatic N) is 1. The van der Waals surface area contributed by atoms with Crippen LogP contribution in [0.3, 0.4) is 0 Å². The Hall–Kier alpha value is 0.400. The zero-order valence-electron chi connectivity index (χ0n) is 11.7. The fraction of sp³-hybridized carbons (Fsp3) is 1.00. The van der Waals surface area contributed by atoms with E-state index >= 15 is 0 Å². The van der Waals surface area contributed by atoms with Gasteiger partial charge in [0.05, 0.1) is 12.7 Å². The molecule has 0 radical (unpaired) electrons. The van der Waals surface area contributed by atoms with Crippen molar-refractivity contribution in [2.45, 2.75) is 40.7 Å². The fourth-order valence-electron chi connectivity index (χ4n) is 1.47. The largest absolute Gasteiger partial charge is 0.377 e. The molecule has 0 saturated heterocycles. The number of halogens is 1. The van der Waals surface area contributed by atoms with E-state index in [1.807, 2.05) is 0 Å². The highest BCUT2D eigenvalue weighted by Crippen LogP contribution is 2.27. The highest BCUT2D eigenvalue weighted by Gasteiger charge is 2.24. The molecule has 0 bridgehead atoms. The van der Waals surface area contributed by atoms with Crippen molar-refractivity contribution in [3.8, 4) is 0 Å². The van der Waals surface area contributed by atoms with Crippen molar-refractivity contribution in [3.05, 3.63) is 0 Å². The number of likely N-dealkylation sites (N-methyl/N-ethyl adjacent to an activating group) is 1. The lowest BCUT2D eigenvalue weighted by Gasteiger charge is -2.32. The smallest absolute Gasteiger partial charge is 0.0596 e. The van der Waals surface area contributed by atoms with E-state index in [4.69, 9.17) is 4.74 Å². The maximum absolute atomic E-state index is 5.56. The Morgan fingerprint density at radius 1 is 1.25 bits per heavy atom. The van der Waals surface area contributed by atoms with Gasteiger partial charge in [0.1, 0.15) is 0 Å². The van der Waals surface area contributed by atoms with Crippen LogP contribution in [0.1, 0.15) is 34.6 Å². The van der Waals surface area contributed by atoms with Crippen LogP contribution >= 0.6 is 15.9 Å². The molecule has 1 unspecified atom stereocenters. The van der Waals surface area contributed by atoms with Gasteiger partial charge >= 0.3 is 0 Å². The lowest BCUT2D eigenvalue weighted by atomic mass is 9.82. The number of hydrogen-bond donors (Lipinski definition) is 0. The summed E-state index contributed by atoms with van der Waals surface area (Å²) in [4.78, 5) is 2.36. The van der Waals surface area contributed by atoms with Gasteiger partial charge in [-0.15, -0.1) is 0 Å². The SMILES string of the molecule is CC(C)OCCN(C)CC(CBr)C(C)(C)C. The summed E-state index contributed by atoms with van der Waals surface area (Å²) in [5.41, 5.74) is 0.358. The van der Waals surface area contributed by atoms with E-state index in [1.165, 1.54) is 0 Å². The standard InChI is InChI=1S/C13H28BrNO/c1-11(2)16-8-7-15(6)10-12(9-14)13(3,4)5/h11-12H,7-10H2,1-6H3. The normalized spacial score (nSPS) is 14.8. The van der Waals surface area contributed by atoms with Gasteiger partial charge in [0.2, 0.25) is 0 Å². The zero-order chi connectivity index (χ0) is 12.8. The summed E-state index contributed by atoms with van der Waals surface area (Å²) in [6, 6.07) is 0. The molecule has 0 rings (SSSR count). The van der Waals surface area contributed by atoms with Crippen LogP contribution < -0.4 is 0 Å². The third kappa shape index (κ3) is 7.64. The average molecular weight is 294 g/mol. The Morgan fingerprint density at radius 2 is 1.81 bits per heavy atom. The van der Waals surface area contributed by atoms with E-state index in [0.717, 1.165) is 25.0 Å². The van der Waals surface area contributed by atoms with E-state index in [1.54, 1.807) is 0 Å². The first-order valence-corrected chi connectivity index (χ1v) is 7.25. The Morgan fingerprint density at radius 3 is 2.19 bits per heavy atom. The van der Waals surface area contributed by atoms with Crippen molar-refractivity contribution in [3.63, 3.8) is 0 Å². The number of alkyl halides is 1. The van der Waals surface area contributed by atoms with Crippen molar-refractivity contribution in [1.82, 2.24) is 4.90 Å². The van der Waals surface area contributed by atoms with Crippen molar-refractivity contribution < 1.29 is 4.74 Å². The first kappa shape index (κ1) is 16.4. The predicted molar refractivity (Wildman–Crippen MR) is 75.3 cm³/mol. The third-order valence-electron chi connectivity index (χ3n) is 2.87. The van der Waals surface area contributed by atoms with Gasteiger partial charge < -0.3 is 9.64 Å². The molecule has 0 N–H and O–H groups in total. The minimum absolute atomic E-state index is 0.336. The van der Waals surface area contributed by atoms with Gasteiger partial charge in [0, 0.05) is 18.4 Å². The van der Waals surface area contributed by atoms with Gasteiger partial charge in [0.25, 0.3) is 0 Å². The number of ether oxygens (including phenoxy) is 1. The molecule has 3 heteroatoms. The second kappa shape index (κ2) is 7.67. The summed E-state index contributed by atoms with van der Waals surface area (Å²) in [6.07, 6.45) is 0.336.